The summed E-state index contributed by atoms with van der Waals surface area (Å²) < 4.78 is 7.00. The Balaban J connectivity index is 1.46. The number of hydrogen-bond donors (Lipinski definition) is 1. The van der Waals surface area contributed by atoms with Crippen molar-refractivity contribution in [1.29, 1.82) is 0 Å². The molecule has 102 valence electrons. The van der Waals surface area contributed by atoms with Crippen LogP contribution in [-0.4, -0.2) is 13.2 Å². The van der Waals surface area contributed by atoms with Gasteiger partial charge in [0.25, 0.3) is 0 Å². The second kappa shape index (κ2) is 6.55. The first kappa shape index (κ1) is 13.2. The molecule has 0 aliphatic rings. The van der Waals surface area contributed by atoms with Gasteiger partial charge in [0.1, 0.15) is 12.4 Å². The third kappa shape index (κ3) is 3.18. The SMILES string of the molecule is c1ccc(OCCNCc2csc3ccccc23)cc1. The predicted molar refractivity (Wildman–Crippen MR) is 85.5 cm³/mol. The largest absolute Gasteiger partial charge is 0.492 e. The zero-order valence-electron chi connectivity index (χ0n) is 11.2. The van der Waals surface area contributed by atoms with E-state index in [4.69, 9.17) is 4.74 Å². The number of rotatable bonds is 6. The first-order chi connectivity index (χ1) is 9.93. The number of benzene rings is 2. The van der Waals surface area contributed by atoms with Crippen LogP contribution in [0.5, 0.6) is 5.75 Å². The van der Waals surface area contributed by atoms with Crippen LogP contribution in [0.1, 0.15) is 5.56 Å². The van der Waals surface area contributed by atoms with E-state index < -0.39 is 0 Å². The Morgan fingerprint density at radius 1 is 0.950 bits per heavy atom. The van der Waals surface area contributed by atoms with E-state index in [0.29, 0.717) is 6.61 Å². The topological polar surface area (TPSA) is 21.3 Å². The van der Waals surface area contributed by atoms with Gasteiger partial charge in [-0.2, -0.15) is 0 Å². The lowest BCUT2D eigenvalue weighted by molar-refractivity contribution is 0.314. The van der Waals surface area contributed by atoms with Crippen molar-refractivity contribution < 1.29 is 4.74 Å². The Bertz CT molecular complexity index is 663. The van der Waals surface area contributed by atoms with Crippen LogP contribution >= 0.6 is 11.3 Å². The van der Waals surface area contributed by atoms with Gasteiger partial charge in [-0.05, 0) is 34.5 Å². The molecule has 0 aliphatic heterocycles. The Hall–Kier alpha value is -1.84. The summed E-state index contributed by atoms with van der Waals surface area (Å²) in [4.78, 5) is 0. The molecule has 1 N–H and O–H groups in total. The van der Waals surface area contributed by atoms with E-state index in [0.717, 1.165) is 18.8 Å². The quantitative estimate of drug-likeness (QED) is 0.689. The molecule has 3 rings (SSSR count). The van der Waals surface area contributed by atoms with Crippen LogP contribution in [0.4, 0.5) is 0 Å². The van der Waals surface area contributed by atoms with Crippen LogP contribution in [0.3, 0.4) is 0 Å². The van der Waals surface area contributed by atoms with Crippen molar-refractivity contribution in [3.63, 3.8) is 0 Å². The third-order valence-corrected chi connectivity index (χ3v) is 4.18. The Labute approximate surface area is 123 Å². The smallest absolute Gasteiger partial charge is 0.119 e. The molecule has 0 saturated carbocycles. The molecule has 3 heteroatoms. The molecule has 0 bridgehead atoms. The van der Waals surface area contributed by atoms with Crippen molar-refractivity contribution in [1.82, 2.24) is 5.32 Å². The van der Waals surface area contributed by atoms with Crippen LogP contribution in [0, 0.1) is 0 Å². The van der Waals surface area contributed by atoms with Gasteiger partial charge < -0.3 is 10.1 Å². The number of thiophene rings is 1. The van der Waals surface area contributed by atoms with E-state index in [-0.39, 0.29) is 0 Å². The highest BCUT2D eigenvalue weighted by Crippen LogP contribution is 2.25. The van der Waals surface area contributed by atoms with E-state index in [1.165, 1.54) is 15.6 Å². The fourth-order valence-electron chi connectivity index (χ4n) is 2.15. The Morgan fingerprint density at radius 2 is 1.75 bits per heavy atom. The molecular weight excluding hydrogens is 266 g/mol. The van der Waals surface area contributed by atoms with E-state index in [1.807, 2.05) is 30.3 Å². The standard InChI is InChI=1S/C17H17NOS/c1-2-6-15(7-3-1)19-11-10-18-12-14-13-20-17-9-5-4-8-16(14)17/h1-9,13,18H,10-12H2. The first-order valence-corrected chi connectivity index (χ1v) is 7.65. The molecule has 0 radical (unpaired) electrons. The summed E-state index contributed by atoms with van der Waals surface area (Å²) in [5.41, 5.74) is 1.37. The lowest BCUT2D eigenvalue weighted by Crippen LogP contribution is -2.20. The highest BCUT2D eigenvalue weighted by molar-refractivity contribution is 7.17. The molecular formula is C17H17NOS. The van der Waals surface area contributed by atoms with Gasteiger partial charge in [-0.1, -0.05) is 36.4 Å². The van der Waals surface area contributed by atoms with Crippen molar-refractivity contribution in [2.75, 3.05) is 13.2 Å². The van der Waals surface area contributed by atoms with Crippen LogP contribution < -0.4 is 10.1 Å². The van der Waals surface area contributed by atoms with Crippen molar-refractivity contribution >= 4 is 21.4 Å². The van der Waals surface area contributed by atoms with E-state index in [1.54, 1.807) is 11.3 Å². The second-order valence-corrected chi connectivity index (χ2v) is 5.51. The molecule has 0 atom stereocenters. The number of fused-ring (bicyclic) bond motifs is 1. The van der Waals surface area contributed by atoms with E-state index in [9.17, 15) is 0 Å². The molecule has 0 saturated heterocycles. The molecule has 0 spiro atoms. The van der Waals surface area contributed by atoms with Gasteiger partial charge in [-0.15, -0.1) is 11.3 Å². The maximum atomic E-state index is 5.65. The first-order valence-electron chi connectivity index (χ1n) is 6.77. The third-order valence-electron chi connectivity index (χ3n) is 3.17. The van der Waals surface area contributed by atoms with Crippen molar-refractivity contribution in [2.24, 2.45) is 0 Å². The molecule has 1 heterocycles. The summed E-state index contributed by atoms with van der Waals surface area (Å²) in [6, 6.07) is 18.5. The minimum atomic E-state index is 0.687. The molecule has 2 aromatic carbocycles. The highest BCUT2D eigenvalue weighted by atomic mass is 32.1. The lowest BCUT2D eigenvalue weighted by Gasteiger charge is -2.07. The zero-order valence-corrected chi connectivity index (χ0v) is 12.0. The second-order valence-electron chi connectivity index (χ2n) is 4.60. The van der Waals surface area contributed by atoms with Gasteiger partial charge in [-0.25, -0.2) is 0 Å². The minimum Gasteiger partial charge on any atom is -0.492 e. The van der Waals surface area contributed by atoms with Crippen LogP contribution in [0.25, 0.3) is 10.1 Å². The molecule has 0 fully saturated rings. The maximum Gasteiger partial charge on any atom is 0.119 e. The molecule has 1 aromatic heterocycles. The lowest BCUT2D eigenvalue weighted by atomic mass is 10.2. The highest BCUT2D eigenvalue weighted by Gasteiger charge is 2.02. The molecule has 20 heavy (non-hydrogen) atoms. The Kier molecular flexibility index (Phi) is 4.31. The van der Waals surface area contributed by atoms with Crippen LogP contribution in [-0.2, 0) is 6.54 Å². The van der Waals surface area contributed by atoms with Crippen molar-refractivity contribution in [3.8, 4) is 5.75 Å². The van der Waals surface area contributed by atoms with Gasteiger partial charge in [-0.3, -0.25) is 0 Å². The molecule has 0 amide bonds. The van der Waals surface area contributed by atoms with Crippen LogP contribution in [0.15, 0.2) is 60.0 Å². The zero-order chi connectivity index (χ0) is 13.6. The van der Waals surface area contributed by atoms with E-state index >= 15 is 0 Å². The minimum absolute atomic E-state index is 0.687. The number of ether oxygens (including phenoxy) is 1. The van der Waals surface area contributed by atoms with Gasteiger partial charge in [0.15, 0.2) is 0 Å². The molecule has 3 aromatic rings. The summed E-state index contributed by atoms with van der Waals surface area (Å²) in [5, 5.41) is 7.02. The van der Waals surface area contributed by atoms with Gasteiger partial charge in [0.05, 0.1) is 0 Å². The average Bonchev–Trinajstić information content (AvgIpc) is 2.91. The predicted octanol–water partition coefficient (Wildman–Crippen LogP) is 4.07. The normalized spacial score (nSPS) is 10.8. The monoisotopic (exact) mass is 283 g/mol. The number of nitrogens with one attached hydrogen (secondary N) is 1. The van der Waals surface area contributed by atoms with Crippen LogP contribution in [0.2, 0.25) is 0 Å². The summed E-state index contributed by atoms with van der Waals surface area (Å²) in [6.45, 7) is 2.42. The van der Waals surface area contributed by atoms with E-state index in [2.05, 4.69) is 35.0 Å². The molecule has 0 aliphatic carbocycles. The van der Waals surface area contributed by atoms with Gasteiger partial charge in [0.2, 0.25) is 0 Å². The molecule has 0 unspecified atom stereocenters. The molecule has 2 nitrogen and oxygen atoms in total. The number of hydrogen-bond acceptors (Lipinski definition) is 3. The summed E-state index contributed by atoms with van der Waals surface area (Å²) in [6.07, 6.45) is 0. The summed E-state index contributed by atoms with van der Waals surface area (Å²) >= 11 is 1.80. The van der Waals surface area contributed by atoms with Crippen molar-refractivity contribution in [2.45, 2.75) is 6.54 Å². The van der Waals surface area contributed by atoms with Gasteiger partial charge in [0, 0.05) is 17.8 Å². The summed E-state index contributed by atoms with van der Waals surface area (Å²) in [5.74, 6) is 0.926. The maximum absolute atomic E-state index is 5.65. The number of para-hydroxylation sites is 1. The van der Waals surface area contributed by atoms with Gasteiger partial charge >= 0.3 is 0 Å². The fourth-order valence-corrected chi connectivity index (χ4v) is 3.11. The average molecular weight is 283 g/mol. The Morgan fingerprint density at radius 3 is 2.65 bits per heavy atom. The fraction of sp³-hybridized carbons (Fsp3) is 0.176. The summed E-state index contributed by atoms with van der Waals surface area (Å²) in [7, 11) is 0. The van der Waals surface area contributed by atoms with Crippen molar-refractivity contribution in [3.05, 3.63) is 65.5 Å².